The van der Waals surface area contributed by atoms with Crippen LogP contribution in [-0.4, -0.2) is 15.5 Å². The first-order valence-electron chi connectivity index (χ1n) is 8.95. The van der Waals surface area contributed by atoms with Crippen LogP contribution in [0.5, 0.6) is 0 Å². The van der Waals surface area contributed by atoms with Crippen molar-refractivity contribution in [3.05, 3.63) is 54.1 Å². The number of benzene rings is 1. The summed E-state index contributed by atoms with van der Waals surface area (Å²) >= 11 is 0. The highest BCUT2D eigenvalue weighted by Crippen LogP contribution is 2.29. The highest BCUT2D eigenvalue weighted by atomic mass is 16.5. The molecule has 0 spiro atoms. The van der Waals surface area contributed by atoms with Crippen LogP contribution in [-0.2, 0) is 23.0 Å². The summed E-state index contributed by atoms with van der Waals surface area (Å²) in [6.07, 6.45) is 10.5. The monoisotopic (exact) mass is 326 g/mol. The standard InChI is InChI=1S/C20H26N2O2/c1-22-15-14-21-19(22)18(13-12-16-8-4-2-5-9-16)24-20(23)17-10-6-3-7-11-17/h2,4-5,8-9,14-15,17-18H,3,6-7,10-13H2,1H3/t18-/m0/s1. The number of rotatable bonds is 6. The Labute approximate surface area is 143 Å². The molecule has 0 amide bonds. The molecule has 2 aromatic rings. The van der Waals surface area contributed by atoms with Crippen molar-refractivity contribution in [1.29, 1.82) is 0 Å². The third kappa shape index (κ3) is 4.25. The molecule has 1 aliphatic carbocycles. The quantitative estimate of drug-likeness (QED) is 0.747. The Morgan fingerprint density at radius 3 is 2.67 bits per heavy atom. The van der Waals surface area contributed by atoms with E-state index in [1.54, 1.807) is 6.20 Å². The number of hydrogen-bond donors (Lipinski definition) is 0. The Bertz CT molecular complexity index is 645. The van der Waals surface area contributed by atoms with E-state index in [1.165, 1.54) is 12.0 Å². The van der Waals surface area contributed by atoms with Crippen molar-refractivity contribution in [2.75, 3.05) is 0 Å². The molecule has 24 heavy (non-hydrogen) atoms. The van der Waals surface area contributed by atoms with Crippen LogP contribution in [0.4, 0.5) is 0 Å². The van der Waals surface area contributed by atoms with E-state index in [4.69, 9.17) is 4.74 Å². The molecule has 1 heterocycles. The van der Waals surface area contributed by atoms with Gasteiger partial charge in [0.1, 0.15) is 5.82 Å². The zero-order valence-electron chi connectivity index (χ0n) is 14.4. The number of esters is 1. The fourth-order valence-electron chi connectivity index (χ4n) is 3.45. The van der Waals surface area contributed by atoms with E-state index in [0.717, 1.165) is 44.3 Å². The highest BCUT2D eigenvalue weighted by molar-refractivity contribution is 5.72. The first-order valence-corrected chi connectivity index (χ1v) is 8.95. The average molecular weight is 326 g/mol. The second-order valence-corrected chi connectivity index (χ2v) is 6.68. The van der Waals surface area contributed by atoms with E-state index in [-0.39, 0.29) is 18.0 Å². The second-order valence-electron chi connectivity index (χ2n) is 6.68. The maximum atomic E-state index is 12.6. The normalized spacial score (nSPS) is 16.7. The lowest BCUT2D eigenvalue weighted by atomic mass is 9.89. The molecule has 0 aliphatic heterocycles. The van der Waals surface area contributed by atoms with Gasteiger partial charge in [0.2, 0.25) is 0 Å². The summed E-state index contributed by atoms with van der Waals surface area (Å²) in [5.41, 5.74) is 1.26. The minimum Gasteiger partial charge on any atom is -0.454 e. The van der Waals surface area contributed by atoms with Crippen molar-refractivity contribution in [3.63, 3.8) is 0 Å². The van der Waals surface area contributed by atoms with Crippen molar-refractivity contribution in [2.45, 2.75) is 51.0 Å². The molecule has 4 heteroatoms. The van der Waals surface area contributed by atoms with Gasteiger partial charge in [-0.15, -0.1) is 0 Å². The average Bonchev–Trinajstić information content (AvgIpc) is 3.06. The van der Waals surface area contributed by atoms with Crippen molar-refractivity contribution in [3.8, 4) is 0 Å². The van der Waals surface area contributed by atoms with Gasteiger partial charge in [0.25, 0.3) is 0 Å². The van der Waals surface area contributed by atoms with Gasteiger partial charge >= 0.3 is 5.97 Å². The lowest BCUT2D eigenvalue weighted by molar-refractivity contribution is -0.156. The molecule has 0 saturated heterocycles. The predicted molar refractivity (Wildman–Crippen MR) is 93.4 cm³/mol. The first-order chi connectivity index (χ1) is 11.7. The minimum absolute atomic E-state index is 0.0456. The third-order valence-corrected chi connectivity index (χ3v) is 4.88. The number of imidazole rings is 1. The van der Waals surface area contributed by atoms with Gasteiger partial charge in [-0.2, -0.15) is 0 Å². The van der Waals surface area contributed by atoms with Gasteiger partial charge in [0.05, 0.1) is 5.92 Å². The number of aryl methyl sites for hydroxylation is 2. The molecule has 0 N–H and O–H groups in total. The van der Waals surface area contributed by atoms with Crippen molar-refractivity contribution < 1.29 is 9.53 Å². The third-order valence-electron chi connectivity index (χ3n) is 4.88. The van der Waals surface area contributed by atoms with Crippen LogP contribution >= 0.6 is 0 Å². The molecule has 4 nitrogen and oxygen atoms in total. The molecule has 0 radical (unpaired) electrons. The molecule has 1 aliphatic rings. The van der Waals surface area contributed by atoms with Crippen molar-refractivity contribution in [1.82, 2.24) is 9.55 Å². The highest BCUT2D eigenvalue weighted by Gasteiger charge is 2.27. The van der Waals surface area contributed by atoms with Crippen molar-refractivity contribution in [2.24, 2.45) is 13.0 Å². The van der Waals surface area contributed by atoms with Gasteiger partial charge in [-0.1, -0.05) is 49.6 Å². The van der Waals surface area contributed by atoms with Crippen LogP contribution in [0.1, 0.15) is 56.0 Å². The Kier molecular flexibility index (Phi) is 5.68. The lowest BCUT2D eigenvalue weighted by Crippen LogP contribution is -2.24. The van der Waals surface area contributed by atoms with E-state index >= 15 is 0 Å². The molecular weight excluding hydrogens is 300 g/mol. The van der Waals surface area contributed by atoms with Gasteiger partial charge in [-0.05, 0) is 31.2 Å². The van der Waals surface area contributed by atoms with Gasteiger partial charge in [0, 0.05) is 19.4 Å². The molecule has 3 rings (SSSR count). The summed E-state index contributed by atoms with van der Waals surface area (Å²) in [4.78, 5) is 17.0. The fraction of sp³-hybridized carbons (Fsp3) is 0.500. The molecule has 1 saturated carbocycles. The molecule has 0 unspecified atom stereocenters. The molecular formula is C20H26N2O2. The molecule has 1 aromatic heterocycles. The number of ether oxygens (including phenoxy) is 1. The number of carbonyl (C=O) groups is 1. The maximum absolute atomic E-state index is 12.6. The second kappa shape index (κ2) is 8.13. The summed E-state index contributed by atoms with van der Waals surface area (Å²) in [5, 5.41) is 0. The molecule has 1 aromatic carbocycles. The molecule has 0 bridgehead atoms. The van der Waals surface area contributed by atoms with Crippen LogP contribution in [0.2, 0.25) is 0 Å². The van der Waals surface area contributed by atoms with E-state index in [1.807, 2.05) is 36.0 Å². The zero-order valence-corrected chi connectivity index (χ0v) is 14.4. The number of aromatic nitrogens is 2. The van der Waals surface area contributed by atoms with Crippen LogP contribution in [0.25, 0.3) is 0 Å². The minimum atomic E-state index is -0.278. The Morgan fingerprint density at radius 1 is 1.25 bits per heavy atom. The smallest absolute Gasteiger partial charge is 0.309 e. The molecule has 1 fully saturated rings. The summed E-state index contributed by atoms with van der Waals surface area (Å²) in [5.74, 6) is 0.851. The van der Waals surface area contributed by atoms with E-state index < -0.39 is 0 Å². The van der Waals surface area contributed by atoms with E-state index in [2.05, 4.69) is 17.1 Å². The SMILES string of the molecule is Cn1ccnc1[C@H](CCc1ccccc1)OC(=O)C1CCCCC1. The van der Waals surface area contributed by atoms with E-state index in [9.17, 15) is 4.79 Å². The van der Waals surface area contributed by atoms with Gasteiger partial charge in [-0.25, -0.2) is 4.98 Å². The topological polar surface area (TPSA) is 44.1 Å². The van der Waals surface area contributed by atoms with Gasteiger partial charge in [-0.3, -0.25) is 4.79 Å². The fourth-order valence-corrected chi connectivity index (χ4v) is 3.45. The summed E-state index contributed by atoms with van der Waals surface area (Å²) in [6, 6.07) is 10.3. The zero-order chi connectivity index (χ0) is 16.8. The first kappa shape index (κ1) is 16.7. The van der Waals surface area contributed by atoms with Gasteiger partial charge < -0.3 is 9.30 Å². The summed E-state index contributed by atoms with van der Waals surface area (Å²) in [7, 11) is 1.95. The summed E-state index contributed by atoms with van der Waals surface area (Å²) in [6.45, 7) is 0. The number of carbonyl (C=O) groups excluding carboxylic acids is 1. The number of hydrogen-bond acceptors (Lipinski definition) is 3. The Balaban J connectivity index is 1.67. The van der Waals surface area contributed by atoms with Crippen LogP contribution in [0, 0.1) is 5.92 Å². The van der Waals surface area contributed by atoms with Crippen molar-refractivity contribution >= 4 is 5.97 Å². The molecule has 128 valence electrons. The Hall–Kier alpha value is -2.10. The van der Waals surface area contributed by atoms with E-state index in [0.29, 0.717) is 0 Å². The number of nitrogens with zero attached hydrogens (tertiary/aromatic N) is 2. The summed E-state index contributed by atoms with van der Waals surface area (Å²) < 4.78 is 7.86. The maximum Gasteiger partial charge on any atom is 0.309 e. The van der Waals surface area contributed by atoms with Gasteiger partial charge in [0.15, 0.2) is 6.10 Å². The molecule has 1 atom stereocenters. The van der Waals surface area contributed by atoms with Crippen LogP contribution in [0.3, 0.4) is 0 Å². The van der Waals surface area contributed by atoms with Crippen LogP contribution < -0.4 is 0 Å². The van der Waals surface area contributed by atoms with Crippen LogP contribution in [0.15, 0.2) is 42.7 Å². The predicted octanol–water partition coefficient (Wildman–Crippen LogP) is 4.22. The lowest BCUT2D eigenvalue weighted by Gasteiger charge is -2.24. The Morgan fingerprint density at radius 2 is 2.00 bits per heavy atom. The largest absolute Gasteiger partial charge is 0.454 e.